The van der Waals surface area contributed by atoms with Crippen molar-refractivity contribution in [3.05, 3.63) is 24.0 Å². The van der Waals surface area contributed by atoms with Crippen molar-refractivity contribution in [1.82, 2.24) is 9.62 Å². The molecule has 7 heteroatoms. The summed E-state index contributed by atoms with van der Waals surface area (Å²) in [5.74, 6) is -0.297. The minimum Gasteiger partial charge on any atom is -0.396 e. The second-order valence-corrected chi connectivity index (χ2v) is 6.72. The number of nitrogens with two attached hydrogens (primary N) is 1. The Morgan fingerprint density at radius 2 is 2.26 bits per heavy atom. The third-order valence-electron chi connectivity index (χ3n) is 3.33. The zero-order valence-corrected chi connectivity index (χ0v) is 11.6. The molecule has 0 bridgehead atoms. The first kappa shape index (κ1) is 14.2. The molecule has 5 nitrogen and oxygen atoms in total. The fourth-order valence-corrected chi connectivity index (χ4v) is 3.34. The number of nitrogens with one attached hydrogen (secondary N) is 1. The lowest BCUT2D eigenvalue weighted by Crippen LogP contribution is -2.30. The molecule has 3 N–H and O–H groups in total. The number of benzene rings is 1. The lowest BCUT2D eigenvalue weighted by Gasteiger charge is -2.12. The molecule has 106 valence electrons. The van der Waals surface area contributed by atoms with E-state index in [1.165, 1.54) is 6.07 Å². The summed E-state index contributed by atoms with van der Waals surface area (Å²) in [5, 5.41) is 0. The maximum atomic E-state index is 13.0. The van der Waals surface area contributed by atoms with Crippen molar-refractivity contribution in [2.75, 3.05) is 32.4 Å². The van der Waals surface area contributed by atoms with Crippen LogP contribution in [0.5, 0.6) is 0 Å². The maximum absolute atomic E-state index is 13.0. The Bertz CT molecular complexity index is 562. The molecule has 1 aromatic carbocycles. The molecular formula is C12H18FN3O2S. The first-order valence-corrected chi connectivity index (χ1v) is 7.60. The van der Waals surface area contributed by atoms with E-state index >= 15 is 0 Å². The first-order valence-electron chi connectivity index (χ1n) is 6.12. The summed E-state index contributed by atoms with van der Waals surface area (Å²) < 4.78 is 39.6. The lowest BCUT2D eigenvalue weighted by molar-refractivity contribution is 0.394. The number of halogens is 1. The topological polar surface area (TPSA) is 75.4 Å². The largest absolute Gasteiger partial charge is 0.396 e. The smallest absolute Gasteiger partial charge is 0.240 e. The molecular weight excluding hydrogens is 269 g/mol. The molecule has 0 aliphatic carbocycles. The van der Waals surface area contributed by atoms with E-state index in [2.05, 4.69) is 9.62 Å². The van der Waals surface area contributed by atoms with Crippen LogP contribution in [0.3, 0.4) is 0 Å². The van der Waals surface area contributed by atoms with Gasteiger partial charge in [0.05, 0.1) is 10.6 Å². The summed E-state index contributed by atoms with van der Waals surface area (Å²) >= 11 is 0. The van der Waals surface area contributed by atoms with Crippen LogP contribution in [0, 0.1) is 11.7 Å². The SMILES string of the molecule is CN1CCC(CNS(=O)(=O)c2ccc(F)c(N)c2)C1. The Hall–Kier alpha value is -1.18. The van der Waals surface area contributed by atoms with E-state index in [1.54, 1.807) is 0 Å². The van der Waals surface area contributed by atoms with E-state index < -0.39 is 15.8 Å². The van der Waals surface area contributed by atoms with Gasteiger partial charge in [-0.1, -0.05) is 0 Å². The van der Waals surface area contributed by atoms with Crippen LogP contribution in [0.15, 0.2) is 23.1 Å². The first-order chi connectivity index (χ1) is 8.88. The van der Waals surface area contributed by atoms with Crippen molar-refractivity contribution in [2.24, 2.45) is 5.92 Å². The van der Waals surface area contributed by atoms with Gasteiger partial charge < -0.3 is 10.6 Å². The van der Waals surface area contributed by atoms with Gasteiger partial charge in [-0.25, -0.2) is 17.5 Å². The Morgan fingerprint density at radius 1 is 1.53 bits per heavy atom. The quantitative estimate of drug-likeness (QED) is 0.797. The Kier molecular flexibility index (Phi) is 4.07. The number of rotatable bonds is 4. The van der Waals surface area contributed by atoms with Crippen LogP contribution < -0.4 is 10.5 Å². The highest BCUT2D eigenvalue weighted by molar-refractivity contribution is 7.89. The monoisotopic (exact) mass is 287 g/mol. The molecule has 0 radical (unpaired) electrons. The molecule has 1 fully saturated rings. The van der Waals surface area contributed by atoms with Gasteiger partial charge in [0, 0.05) is 13.1 Å². The van der Waals surface area contributed by atoms with Gasteiger partial charge in [-0.3, -0.25) is 0 Å². The van der Waals surface area contributed by atoms with Gasteiger partial charge in [-0.2, -0.15) is 0 Å². The number of hydrogen-bond donors (Lipinski definition) is 2. The third kappa shape index (κ3) is 3.43. The molecule has 0 saturated carbocycles. The fraction of sp³-hybridized carbons (Fsp3) is 0.500. The van der Waals surface area contributed by atoms with Crippen LogP contribution in [0.1, 0.15) is 6.42 Å². The minimum atomic E-state index is -3.62. The van der Waals surface area contributed by atoms with Crippen LogP contribution in [0.4, 0.5) is 10.1 Å². The number of hydrogen-bond acceptors (Lipinski definition) is 4. The second kappa shape index (κ2) is 5.44. The van der Waals surface area contributed by atoms with Crippen molar-refractivity contribution in [3.63, 3.8) is 0 Å². The Morgan fingerprint density at radius 3 is 2.84 bits per heavy atom. The molecule has 0 spiro atoms. The van der Waals surface area contributed by atoms with E-state index in [-0.39, 0.29) is 10.6 Å². The minimum absolute atomic E-state index is 0.00208. The highest BCUT2D eigenvalue weighted by atomic mass is 32.2. The summed E-state index contributed by atoms with van der Waals surface area (Å²) in [6, 6.07) is 3.42. The Balaban J connectivity index is 2.03. The number of nitrogens with zero attached hydrogens (tertiary/aromatic N) is 1. The molecule has 0 aromatic heterocycles. The molecule has 2 rings (SSSR count). The van der Waals surface area contributed by atoms with Gasteiger partial charge >= 0.3 is 0 Å². The molecule has 1 aliphatic heterocycles. The highest BCUT2D eigenvalue weighted by Crippen LogP contribution is 2.18. The van der Waals surface area contributed by atoms with E-state index in [9.17, 15) is 12.8 Å². The molecule has 1 saturated heterocycles. The van der Waals surface area contributed by atoms with Gasteiger partial charge in [-0.05, 0) is 44.1 Å². The van der Waals surface area contributed by atoms with Crippen molar-refractivity contribution in [3.8, 4) is 0 Å². The molecule has 1 aliphatic rings. The van der Waals surface area contributed by atoms with Gasteiger partial charge in [0.15, 0.2) is 0 Å². The molecule has 1 atom stereocenters. The lowest BCUT2D eigenvalue weighted by atomic mass is 10.1. The van der Waals surface area contributed by atoms with Crippen molar-refractivity contribution < 1.29 is 12.8 Å². The third-order valence-corrected chi connectivity index (χ3v) is 4.75. The summed E-state index contributed by atoms with van der Waals surface area (Å²) in [7, 11) is -1.61. The normalized spacial score (nSPS) is 20.8. The van der Waals surface area contributed by atoms with Gasteiger partial charge in [0.1, 0.15) is 5.82 Å². The summed E-state index contributed by atoms with van der Waals surface area (Å²) in [6.45, 7) is 2.26. The number of sulfonamides is 1. The average Bonchev–Trinajstić information content (AvgIpc) is 2.76. The summed E-state index contributed by atoms with van der Waals surface area (Å²) in [6.07, 6.45) is 0.977. The standard InChI is InChI=1S/C12H18FN3O2S/c1-16-5-4-9(8-16)7-15-19(17,18)10-2-3-11(13)12(14)6-10/h2-3,6,9,15H,4-5,7-8,14H2,1H3. The van der Waals surface area contributed by atoms with Crippen LogP contribution >= 0.6 is 0 Å². The van der Waals surface area contributed by atoms with Crippen LogP contribution in [-0.2, 0) is 10.0 Å². The van der Waals surface area contributed by atoms with Gasteiger partial charge in [0.25, 0.3) is 0 Å². The average molecular weight is 287 g/mol. The summed E-state index contributed by atoms with van der Waals surface area (Å²) in [4.78, 5) is 2.16. The van der Waals surface area contributed by atoms with Crippen molar-refractivity contribution in [1.29, 1.82) is 0 Å². The van der Waals surface area contributed by atoms with Crippen LogP contribution in [0.25, 0.3) is 0 Å². The molecule has 0 amide bonds. The predicted molar refractivity (Wildman–Crippen MR) is 71.6 cm³/mol. The van der Waals surface area contributed by atoms with Crippen molar-refractivity contribution >= 4 is 15.7 Å². The molecule has 19 heavy (non-hydrogen) atoms. The molecule has 1 unspecified atom stereocenters. The number of anilines is 1. The van der Waals surface area contributed by atoms with Crippen molar-refractivity contribution in [2.45, 2.75) is 11.3 Å². The molecule has 1 aromatic rings. The predicted octanol–water partition coefficient (Wildman–Crippen LogP) is 0.638. The van der Waals surface area contributed by atoms with E-state index in [4.69, 9.17) is 5.73 Å². The fourth-order valence-electron chi connectivity index (χ4n) is 2.19. The van der Waals surface area contributed by atoms with E-state index in [0.29, 0.717) is 12.5 Å². The second-order valence-electron chi connectivity index (χ2n) is 4.95. The Labute approximate surface area is 112 Å². The van der Waals surface area contributed by atoms with E-state index in [1.807, 2.05) is 7.05 Å². The van der Waals surface area contributed by atoms with E-state index in [0.717, 1.165) is 31.6 Å². The maximum Gasteiger partial charge on any atom is 0.240 e. The van der Waals surface area contributed by atoms with Gasteiger partial charge in [0.2, 0.25) is 10.0 Å². The van der Waals surface area contributed by atoms with Gasteiger partial charge in [-0.15, -0.1) is 0 Å². The van der Waals surface area contributed by atoms with Crippen LogP contribution in [0.2, 0.25) is 0 Å². The zero-order chi connectivity index (χ0) is 14.0. The summed E-state index contributed by atoms with van der Waals surface area (Å²) in [5.41, 5.74) is 5.22. The van der Waals surface area contributed by atoms with Crippen LogP contribution in [-0.4, -0.2) is 40.0 Å². The highest BCUT2D eigenvalue weighted by Gasteiger charge is 2.22. The number of nitrogen functional groups attached to an aromatic ring is 1. The number of likely N-dealkylation sites (tertiary alicyclic amines) is 1. The zero-order valence-electron chi connectivity index (χ0n) is 10.8. The molecule has 1 heterocycles.